The SMILES string of the molecule is COC1CCC(NC(=O)Nc2cccc(F)c2C(=O)O)C1. The summed E-state index contributed by atoms with van der Waals surface area (Å²) in [6.07, 6.45) is 2.49. The van der Waals surface area contributed by atoms with E-state index in [0.29, 0.717) is 6.42 Å². The van der Waals surface area contributed by atoms with Crippen molar-refractivity contribution in [3.8, 4) is 0 Å². The smallest absolute Gasteiger partial charge is 0.340 e. The highest BCUT2D eigenvalue weighted by molar-refractivity contribution is 6.00. The molecule has 2 amide bonds. The van der Waals surface area contributed by atoms with Crippen LogP contribution in [0.5, 0.6) is 0 Å². The molecule has 0 radical (unpaired) electrons. The number of carbonyl (C=O) groups excluding carboxylic acids is 1. The van der Waals surface area contributed by atoms with E-state index in [1.165, 1.54) is 12.1 Å². The first-order valence-electron chi connectivity index (χ1n) is 6.63. The molecule has 3 N–H and O–H groups in total. The van der Waals surface area contributed by atoms with Gasteiger partial charge in [-0.2, -0.15) is 0 Å². The second kappa shape index (κ2) is 6.53. The molecule has 6 nitrogen and oxygen atoms in total. The number of amides is 2. The van der Waals surface area contributed by atoms with Crippen molar-refractivity contribution in [2.45, 2.75) is 31.4 Å². The van der Waals surface area contributed by atoms with Gasteiger partial charge >= 0.3 is 12.0 Å². The van der Waals surface area contributed by atoms with Crippen LogP contribution in [0.2, 0.25) is 0 Å². The lowest BCUT2D eigenvalue weighted by atomic mass is 10.1. The van der Waals surface area contributed by atoms with Crippen molar-refractivity contribution in [3.05, 3.63) is 29.6 Å². The van der Waals surface area contributed by atoms with Crippen molar-refractivity contribution in [3.63, 3.8) is 0 Å². The van der Waals surface area contributed by atoms with Crippen LogP contribution in [0, 0.1) is 5.82 Å². The molecule has 7 heteroatoms. The first-order valence-corrected chi connectivity index (χ1v) is 6.63. The quantitative estimate of drug-likeness (QED) is 0.795. The highest BCUT2D eigenvalue weighted by Gasteiger charge is 2.26. The molecule has 1 aromatic rings. The number of carboxylic acid groups (broad SMARTS) is 1. The number of hydrogen-bond donors (Lipinski definition) is 3. The molecule has 0 heterocycles. The van der Waals surface area contributed by atoms with Crippen LogP contribution in [0.3, 0.4) is 0 Å². The maximum absolute atomic E-state index is 13.5. The first kappa shape index (κ1) is 15.2. The number of benzene rings is 1. The number of ether oxygens (including phenoxy) is 1. The molecule has 0 saturated heterocycles. The number of carboxylic acids is 1. The summed E-state index contributed by atoms with van der Waals surface area (Å²) in [6, 6.07) is 3.14. The van der Waals surface area contributed by atoms with Gasteiger partial charge in [0.25, 0.3) is 0 Å². The number of anilines is 1. The van der Waals surface area contributed by atoms with E-state index in [9.17, 15) is 14.0 Å². The third kappa shape index (κ3) is 3.69. The Bertz CT molecular complexity index is 550. The zero-order valence-corrected chi connectivity index (χ0v) is 11.6. The van der Waals surface area contributed by atoms with E-state index in [1.54, 1.807) is 7.11 Å². The fourth-order valence-electron chi connectivity index (χ4n) is 2.47. The first-order chi connectivity index (χ1) is 10.0. The molecule has 1 fully saturated rings. The zero-order chi connectivity index (χ0) is 15.4. The second-order valence-corrected chi connectivity index (χ2v) is 4.93. The van der Waals surface area contributed by atoms with Gasteiger partial charge in [-0.3, -0.25) is 0 Å². The lowest BCUT2D eigenvalue weighted by Crippen LogP contribution is -2.37. The number of rotatable bonds is 4. The highest BCUT2D eigenvalue weighted by atomic mass is 19.1. The van der Waals surface area contributed by atoms with E-state index in [-0.39, 0.29) is 17.8 Å². The van der Waals surface area contributed by atoms with Gasteiger partial charge in [0.15, 0.2) is 0 Å². The fourth-order valence-corrected chi connectivity index (χ4v) is 2.47. The Balaban J connectivity index is 2.00. The normalized spacial score (nSPS) is 21.0. The Morgan fingerprint density at radius 1 is 1.38 bits per heavy atom. The number of aromatic carboxylic acids is 1. The Morgan fingerprint density at radius 3 is 2.76 bits per heavy atom. The van der Waals surface area contributed by atoms with Crippen molar-refractivity contribution in [2.75, 3.05) is 12.4 Å². The molecule has 114 valence electrons. The molecule has 0 aromatic heterocycles. The van der Waals surface area contributed by atoms with E-state index >= 15 is 0 Å². The maximum atomic E-state index is 13.5. The molecular formula is C14H17FN2O4. The Hall–Kier alpha value is -2.15. The summed E-state index contributed by atoms with van der Waals surface area (Å²) >= 11 is 0. The van der Waals surface area contributed by atoms with Crippen molar-refractivity contribution in [1.29, 1.82) is 0 Å². The van der Waals surface area contributed by atoms with E-state index < -0.39 is 23.4 Å². The van der Waals surface area contributed by atoms with E-state index in [2.05, 4.69) is 10.6 Å². The molecular weight excluding hydrogens is 279 g/mol. The van der Waals surface area contributed by atoms with Crippen molar-refractivity contribution in [1.82, 2.24) is 5.32 Å². The number of methoxy groups -OCH3 is 1. The summed E-state index contributed by atoms with van der Waals surface area (Å²) in [5.41, 5.74) is -0.616. The summed E-state index contributed by atoms with van der Waals surface area (Å²) in [5.74, 6) is -2.32. The molecule has 1 aliphatic carbocycles. The average molecular weight is 296 g/mol. The average Bonchev–Trinajstić information content (AvgIpc) is 2.85. The molecule has 0 bridgehead atoms. The van der Waals surface area contributed by atoms with Crippen LogP contribution in [0.1, 0.15) is 29.6 Å². The van der Waals surface area contributed by atoms with Gasteiger partial charge in [-0.25, -0.2) is 14.0 Å². The molecule has 2 rings (SSSR count). The lowest BCUT2D eigenvalue weighted by molar-refractivity contribution is 0.0693. The molecule has 0 spiro atoms. The van der Waals surface area contributed by atoms with Gasteiger partial charge in [0.2, 0.25) is 0 Å². The molecule has 21 heavy (non-hydrogen) atoms. The molecule has 2 atom stereocenters. The van der Waals surface area contributed by atoms with E-state index in [1.807, 2.05) is 0 Å². The van der Waals surface area contributed by atoms with Gasteiger partial charge in [-0.05, 0) is 31.4 Å². The molecule has 1 aliphatic rings. The third-order valence-electron chi connectivity index (χ3n) is 3.53. The molecule has 0 aliphatic heterocycles. The number of nitrogens with one attached hydrogen (secondary N) is 2. The topological polar surface area (TPSA) is 87.7 Å². The number of carbonyl (C=O) groups is 2. The van der Waals surface area contributed by atoms with Crippen LogP contribution in [0.25, 0.3) is 0 Å². The number of halogens is 1. The van der Waals surface area contributed by atoms with Gasteiger partial charge in [-0.1, -0.05) is 6.07 Å². The third-order valence-corrected chi connectivity index (χ3v) is 3.53. The Morgan fingerprint density at radius 2 is 2.14 bits per heavy atom. The van der Waals surface area contributed by atoms with E-state index in [0.717, 1.165) is 18.9 Å². The minimum Gasteiger partial charge on any atom is -0.478 e. The summed E-state index contributed by atoms with van der Waals surface area (Å²) in [5, 5.41) is 14.1. The van der Waals surface area contributed by atoms with Crippen molar-refractivity contribution >= 4 is 17.7 Å². The fraction of sp³-hybridized carbons (Fsp3) is 0.429. The van der Waals surface area contributed by atoms with Gasteiger partial charge in [-0.15, -0.1) is 0 Å². The zero-order valence-electron chi connectivity index (χ0n) is 11.6. The second-order valence-electron chi connectivity index (χ2n) is 4.93. The largest absolute Gasteiger partial charge is 0.478 e. The van der Waals surface area contributed by atoms with Gasteiger partial charge in [0, 0.05) is 13.2 Å². The molecule has 2 unspecified atom stereocenters. The van der Waals surface area contributed by atoms with Crippen molar-refractivity contribution < 1.29 is 23.8 Å². The van der Waals surface area contributed by atoms with Crippen LogP contribution >= 0.6 is 0 Å². The minimum absolute atomic E-state index is 0.0308. The minimum atomic E-state index is -1.43. The summed E-state index contributed by atoms with van der Waals surface area (Å²) < 4.78 is 18.7. The summed E-state index contributed by atoms with van der Waals surface area (Å²) in [7, 11) is 1.62. The number of hydrogen-bond acceptors (Lipinski definition) is 3. The lowest BCUT2D eigenvalue weighted by Gasteiger charge is -2.15. The van der Waals surface area contributed by atoms with E-state index in [4.69, 9.17) is 9.84 Å². The standard InChI is InChI=1S/C14H17FN2O4/c1-21-9-6-5-8(7-9)16-14(20)17-11-4-2-3-10(15)12(11)13(18)19/h2-4,8-9H,5-7H2,1H3,(H,18,19)(H2,16,17,20). The van der Waals surface area contributed by atoms with Crippen LogP contribution in [-0.2, 0) is 4.74 Å². The van der Waals surface area contributed by atoms with Crippen LogP contribution < -0.4 is 10.6 Å². The highest BCUT2D eigenvalue weighted by Crippen LogP contribution is 2.22. The predicted molar refractivity (Wildman–Crippen MR) is 73.9 cm³/mol. The van der Waals surface area contributed by atoms with Crippen LogP contribution in [0.4, 0.5) is 14.9 Å². The monoisotopic (exact) mass is 296 g/mol. The molecule has 1 saturated carbocycles. The van der Waals surface area contributed by atoms with Gasteiger partial charge in [0.1, 0.15) is 11.4 Å². The number of urea groups is 1. The summed E-state index contributed by atoms with van der Waals surface area (Å²) in [4.78, 5) is 22.9. The van der Waals surface area contributed by atoms with Gasteiger partial charge < -0.3 is 20.5 Å². The predicted octanol–water partition coefficient (Wildman–Crippen LogP) is 2.21. The Labute approximate surface area is 121 Å². The maximum Gasteiger partial charge on any atom is 0.340 e. The van der Waals surface area contributed by atoms with Crippen molar-refractivity contribution in [2.24, 2.45) is 0 Å². The molecule has 1 aromatic carbocycles. The van der Waals surface area contributed by atoms with Crippen LogP contribution in [-0.4, -0.2) is 36.4 Å². The van der Waals surface area contributed by atoms with Gasteiger partial charge in [0.05, 0.1) is 11.8 Å². The Kier molecular flexibility index (Phi) is 4.74. The van der Waals surface area contributed by atoms with Crippen LogP contribution in [0.15, 0.2) is 18.2 Å². The summed E-state index contributed by atoms with van der Waals surface area (Å²) in [6.45, 7) is 0.